The highest BCUT2D eigenvalue weighted by Crippen LogP contribution is 2.38. The highest BCUT2D eigenvalue weighted by Gasteiger charge is 2.35. The molecule has 0 fully saturated rings. The molecule has 4 rings (SSSR count). The highest BCUT2D eigenvalue weighted by molar-refractivity contribution is 6.32. The molecule has 5 nitrogen and oxygen atoms in total. The average Bonchev–Trinajstić information content (AvgIpc) is 2.63. The number of pyridine rings is 1. The summed E-state index contributed by atoms with van der Waals surface area (Å²) in [6, 6.07) is 8.78. The number of carbonyl (C=O) groups excluding carboxylic acids is 2. The molecule has 0 saturated heterocycles. The van der Waals surface area contributed by atoms with E-state index in [0.29, 0.717) is 28.0 Å². The lowest BCUT2D eigenvalue weighted by Crippen LogP contribution is -2.23. The van der Waals surface area contributed by atoms with E-state index in [1.165, 1.54) is 7.11 Å². The Kier molecular flexibility index (Phi) is 3.32. The molecule has 0 spiro atoms. The van der Waals surface area contributed by atoms with Gasteiger partial charge in [0.1, 0.15) is 17.2 Å². The molecule has 1 aliphatic rings. The summed E-state index contributed by atoms with van der Waals surface area (Å²) >= 11 is 0. The van der Waals surface area contributed by atoms with Gasteiger partial charge in [-0.25, -0.2) is 0 Å². The lowest BCUT2D eigenvalue weighted by molar-refractivity contribution is 0.0974. The van der Waals surface area contributed by atoms with Gasteiger partial charge in [-0.3, -0.25) is 14.6 Å². The Morgan fingerprint density at radius 2 is 1.68 bits per heavy atom. The van der Waals surface area contributed by atoms with E-state index in [4.69, 9.17) is 9.47 Å². The van der Waals surface area contributed by atoms with E-state index < -0.39 is 0 Å². The molecule has 0 amide bonds. The van der Waals surface area contributed by atoms with Crippen LogP contribution in [0, 0.1) is 6.92 Å². The summed E-state index contributed by atoms with van der Waals surface area (Å²) in [5.41, 5.74) is 2.01. The van der Waals surface area contributed by atoms with Crippen LogP contribution in [-0.4, -0.2) is 30.8 Å². The van der Waals surface area contributed by atoms with Crippen LogP contribution in [0.5, 0.6) is 11.5 Å². The highest BCUT2D eigenvalue weighted by atomic mass is 16.5. The summed E-state index contributed by atoms with van der Waals surface area (Å²) in [5, 5.41) is 1.38. The molecule has 0 bridgehead atoms. The van der Waals surface area contributed by atoms with Crippen molar-refractivity contribution in [1.82, 2.24) is 4.98 Å². The van der Waals surface area contributed by atoms with Crippen molar-refractivity contribution in [3.8, 4) is 11.5 Å². The topological polar surface area (TPSA) is 65.5 Å². The van der Waals surface area contributed by atoms with Crippen molar-refractivity contribution >= 4 is 22.3 Å². The Hall–Kier alpha value is -3.21. The summed E-state index contributed by atoms with van der Waals surface area (Å²) in [5.74, 6) is 0.371. The molecule has 0 N–H and O–H groups in total. The summed E-state index contributed by atoms with van der Waals surface area (Å²) in [7, 11) is 3.02. The summed E-state index contributed by atoms with van der Waals surface area (Å²) < 4.78 is 10.7. The van der Waals surface area contributed by atoms with Crippen molar-refractivity contribution < 1.29 is 19.1 Å². The van der Waals surface area contributed by atoms with Crippen LogP contribution in [0.25, 0.3) is 10.8 Å². The fourth-order valence-electron chi connectivity index (χ4n) is 3.40. The first-order chi connectivity index (χ1) is 12.1. The first-order valence-electron chi connectivity index (χ1n) is 7.80. The van der Waals surface area contributed by atoms with Gasteiger partial charge in [-0.2, -0.15) is 0 Å². The smallest absolute Gasteiger partial charge is 0.216 e. The Morgan fingerprint density at radius 3 is 2.40 bits per heavy atom. The van der Waals surface area contributed by atoms with Gasteiger partial charge in [-0.05, 0) is 30.7 Å². The molecule has 0 unspecified atom stereocenters. The summed E-state index contributed by atoms with van der Waals surface area (Å²) in [6.45, 7) is 1.94. The Labute approximate surface area is 144 Å². The van der Waals surface area contributed by atoms with E-state index in [1.807, 2.05) is 19.1 Å². The van der Waals surface area contributed by atoms with Gasteiger partial charge in [0.05, 0.1) is 25.3 Å². The predicted octanol–water partition coefficient (Wildman–Crippen LogP) is 3.34. The quantitative estimate of drug-likeness (QED) is 0.563. The molecule has 5 heteroatoms. The van der Waals surface area contributed by atoms with Crippen molar-refractivity contribution in [2.45, 2.75) is 6.92 Å². The molecule has 1 aliphatic carbocycles. The first kappa shape index (κ1) is 15.3. The second-order valence-corrected chi connectivity index (χ2v) is 5.95. The standard InChI is InChI=1S/C20H15NO4/c1-10-7-11-9-21-18-17(15(11)14(8-10)25-3)19(22)12-5-4-6-13(24-2)16(12)20(18)23/h4-9H,1-3H3. The van der Waals surface area contributed by atoms with Crippen molar-refractivity contribution in [3.63, 3.8) is 0 Å². The van der Waals surface area contributed by atoms with Crippen LogP contribution >= 0.6 is 0 Å². The molecule has 0 aliphatic heterocycles. The predicted molar refractivity (Wildman–Crippen MR) is 92.9 cm³/mol. The van der Waals surface area contributed by atoms with Crippen molar-refractivity contribution in [3.05, 3.63) is 64.5 Å². The van der Waals surface area contributed by atoms with Crippen LogP contribution in [0.1, 0.15) is 37.5 Å². The molecule has 1 aromatic heterocycles. The van der Waals surface area contributed by atoms with Gasteiger partial charge >= 0.3 is 0 Å². The SMILES string of the molecule is COc1cccc2c1C(=O)c1ncc3cc(C)cc(OC)c3c1C2=O. The first-order valence-corrected chi connectivity index (χ1v) is 7.80. The zero-order chi connectivity index (χ0) is 17.7. The fraction of sp³-hybridized carbons (Fsp3) is 0.150. The van der Waals surface area contributed by atoms with E-state index in [-0.39, 0.29) is 22.8 Å². The zero-order valence-corrected chi connectivity index (χ0v) is 14.0. The molecule has 1 heterocycles. The molecular formula is C20H15NO4. The number of hydrogen-bond donors (Lipinski definition) is 0. The Balaban J connectivity index is 2.12. The summed E-state index contributed by atoms with van der Waals surface area (Å²) in [6.07, 6.45) is 1.61. The van der Waals surface area contributed by atoms with E-state index in [2.05, 4.69) is 4.98 Å². The average molecular weight is 333 g/mol. The lowest BCUT2D eigenvalue weighted by Gasteiger charge is -2.21. The van der Waals surface area contributed by atoms with E-state index in [1.54, 1.807) is 31.5 Å². The lowest BCUT2D eigenvalue weighted by atomic mass is 9.84. The van der Waals surface area contributed by atoms with Crippen LogP contribution in [0.15, 0.2) is 36.5 Å². The number of ether oxygens (including phenoxy) is 2. The van der Waals surface area contributed by atoms with Crippen LogP contribution in [-0.2, 0) is 0 Å². The third-order valence-corrected chi connectivity index (χ3v) is 4.48. The van der Waals surface area contributed by atoms with Gasteiger partial charge in [0, 0.05) is 22.5 Å². The molecular weight excluding hydrogens is 318 g/mol. The number of rotatable bonds is 2. The van der Waals surface area contributed by atoms with Crippen molar-refractivity contribution in [1.29, 1.82) is 0 Å². The van der Waals surface area contributed by atoms with Gasteiger partial charge in [0.15, 0.2) is 5.78 Å². The molecule has 0 saturated carbocycles. The van der Waals surface area contributed by atoms with Crippen LogP contribution in [0.3, 0.4) is 0 Å². The second-order valence-electron chi connectivity index (χ2n) is 5.95. The maximum atomic E-state index is 13.2. The van der Waals surface area contributed by atoms with Gasteiger partial charge in [-0.1, -0.05) is 12.1 Å². The number of nitrogens with zero attached hydrogens (tertiary/aromatic N) is 1. The largest absolute Gasteiger partial charge is 0.496 e. The van der Waals surface area contributed by atoms with E-state index in [0.717, 1.165) is 10.9 Å². The number of hydrogen-bond acceptors (Lipinski definition) is 5. The number of aryl methyl sites for hydroxylation is 1. The number of aromatic nitrogens is 1. The Bertz CT molecular complexity index is 1070. The molecule has 2 aromatic carbocycles. The van der Waals surface area contributed by atoms with Crippen LogP contribution in [0.4, 0.5) is 0 Å². The fourth-order valence-corrected chi connectivity index (χ4v) is 3.40. The van der Waals surface area contributed by atoms with Crippen molar-refractivity contribution in [2.75, 3.05) is 14.2 Å². The monoisotopic (exact) mass is 333 g/mol. The summed E-state index contributed by atoms with van der Waals surface area (Å²) in [4.78, 5) is 30.5. The minimum Gasteiger partial charge on any atom is -0.496 e. The number of methoxy groups -OCH3 is 2. The Morgan fingerprint density at radius 1 is 0.920 bits per heavy atom. The normalized spacial score (nSPS) is 12.8. The molecule has 3 aromatic rings. The third-order valence-electron chi connectivity index (χ3n) is 4.48. The number of ketones is 2. The molecule has 124 valence electrons. The molecule has 0 atom stereocenters. The second kappa shape index (κ2) is 5.41. The third kappa shape index (κ3) is 2.05. The van der Waals surface area contributed by atoms with E-state index >= 15 is 0 Å². The van der Waals surface area contributed by atoms with Crippen LogP contribution in [0.2, 0.25) is 0 Å². The van der Waals surface area contributed by atoms with Crippen LogP contribution < -0.4 is 9.47 Å². The van der Waals surface area contributed by atoms with E-state index in [9.17, 15) is 9.59 Å². The van der Waals surface area contributed by atoms with Gasteiger partial charge < -0.3 is 9.47 Å². The number of benzene rings is 2. The van der Waals surface area contributed by atoms with Gasteiger partial charge in [-0.15, -0.1) is 0 Å². The zero-order valence-electron chi connectivity index (χ0n) is 14.0. The maximum absolute atomic E-state index is 13.2. The number of carbonyl (C=O) groups is 2. The molecule has 25 heavy (non-hydrogen) atoms. The minimum atomic E-state index is -0.313. The maximum Gasteiger partial charge on any atom is 0.216 e. The molecule has 0 radical (unpaired) electrons. The number of fused-ring (bicyclic) bond motifs is 4. The van der Waals surface area contributed by atoms with Gasteiger partial charge in [0.25, 0.3) is 0 Å². The van der Waals surface area contributed by atoms with Gasteiger partial charge in [0.2, 0.25) is 5.78 Å². The van der Waals surface area contributed by atoms with Crippen molar-refractivity contribution in [2.24, 2.45) is 0 Å². The minimum absolute atomic E-state index is 0.136.